The van der Waals surface area contributed by atoms with Crippen LogP contribution >= 0.6 is 0 Å². The summed E-state index contributed by atoms with van der Waals surface area (Å²) >= 11 is 0. The second-order valence-corrected chi connectivity index (χ2v) is 8.21. The van der Waals surface area contributed by atoms with Crippen LogP contribution in [0, 0.1) is 0 Å². The maximum Gasteiger partial charge on any atom is 0.228 e. The number of hydrogen-bond donors (Lipinski definition) is 2. The summed E-state index contributed by atoms with van der Waals surface area (Å²) < 4.78 is 7.87. The van der Waals surface area contributed by atoms with Crippen LogP contribution < -0.4 is 20.3 Å². The number of likely N-dealkylation sites (N-methyl/N-ethyl adjacent to an activating group) is 1. The number of ether oxygens (including phenoxy) is 1. The molecule has 8 nitrogen and oxygen atoms in total. The van der Waals surface area contributed by atoms with Crippen molar-refractivity contribution in [1.29, 1.82) is 0 Å². The van der Waals surface area contributed by atoms with Crippen molar-refractivity contribution < 1.29 is 4.74 Å². The second-order valence-electron chi connectivity index (χ2n) is 8.21. The molecule has 4 heterocycles. The fourth-order valence-electron chi connectivity index (χ4n) is 4.10. The molecule has 0 bridgehead atoms. The van der Waals surface area contributed by atoms with E-state index in [-0.39, 0.29) is 0 Å². The van der Waals surface area contributed by atoms with Crippen LogP contribution in [0.25, 0.3) is 21.8 Å². The van der Waals surface area contributed by atoms with Gasteiger partial charge >= 0.3 is 0 Å². The van der Waals surface area contributed by atoms with Gasteiger partial charge in [0.05, 0.1) is 24.5 Å². The van der Waals surface area contributed by atoms with Gasteiger partial charge in [0.15, 0.2) is 0 Å². The predicted octanol–water partition coefficient (Wildman–Crippen LogP) is 3.72. The lowest BCUT2D eigenvalue weighted by atomic mass is 10.1. The average Bonchev–Trinajstić information content (AvgIpc) is 3.19. The lowest BCUT2D eigenvalue weighted by molar-refractivity contribution is 0.401. The molecule has 31 heavy (non-hydrogen) atoms. The van der Waals surface area contributed by atoms with Crippen molar-refractivity contribution in [3.63, 3.8) is 0 Å². The molecule has 0 aliphatic carbocycles. The van der Waals surface area contributed by atoms with E-state index in [0.29, 0.717) is 23.8 Å². The Labute approximate surface area is 181 Å². The van der Waals surface area contributed by atoms with Crippen molar-refractivity contribution in [3.8, 4) is 5.75 Å². The molecule has 0 amide bonds. The first-order valence-corrected chi connectivity index (χ1v) is 10.6. The first-order chi connectivity index (χ1) is 15.1. The van der Waals surface area contributed by atoms with Gasteiger partial charge in [0, 0.05) is 54.4 Å². The van der Waals surface area contributed by atoms with E-state index in [4.69, 9.17) is 9.72 Å². The summed E-state index contributed by atoms with van der Waals surface area (Å²) in [4.78, 5) is 16.2. The van der Waals surface area contributed by atoms with Crippen LogP contribution in [0.4, 0.5) is 17.5 Å². The van der Waals surface area contributed by atoms with E-state index >= 15 is 0 Å². The van der Waals surface area contributed by atoms with E-state index < -0.39 is 0 Å². The summed E-state index contributed by atoms with van der Waals surface area (Å²) in [7, 11) is 3.67. The number of benzene rings is 1. The van der Waals surface area contributed by atoms with Gasteiger partial charge in [-0.3, -0.25) is 0 Å². The van der Waals surface area contributed by atoms with Crippen LogP contribution in [0.3, 0.4) is 0 Å². The predicted molar refractivity (Wildman–Crippen MR) is 125 cm³/mol. The van der Waals surface area contributed by atoms with E-state index in [9.17, 15) is 0 Å². The highest BCUT2D eigenvalue weighted by Crippen LogP contribution is 2.33. The second kappa shape index (κ2) is 7.70. The molecule has 3 aromatic heterocycles. The number of anilines is 3. The summed E-state index contributed by atoms with van der Waals surface area (Å²) in [6.07, 6.45) is 5.81. The largest absolute Gasteiger partial charge is 0.494 e. The molecular weight excluding hydrogens is 390 g/mol. The van der Waals surface area contributed by atoms with Crippen LogP contribution in [-0.2, 0) is 0 Å². The van der Waals surface area contributed by atoms with Gasteiger partial charge < -0.3 is 24.8 Å². The molecular formula is C23H27N7O. The van der Waals surface area contributed by atoms with E-state index in [1.165, 1.54) is 5.39 Å². The molecule has 0 unspecified atom stereocenters. The Morgan fingerprint density at radius 2 is 1.90 bits per heavy atom. The standard InChI is InChI=1S/C23H27N7O/c1-14(2)30-8-7-15-5-6-16-10-26-23(28-21(16)22(15)30)27-20-9-19(31-4)18(11-25-20)29-12-17(13-29)24-3/h5-11,14,17,24H,12-13H2,1-4H3,(H,25,26,27,28). The zero-order valence-corrected chi connectivity index (χ0v) is 18.3. The number of methoxy groups -OCH3 is 1. The van der Waals surface area contributed by atoms with Crippen molar-refractivity contribution in [2.45, 2.75) is 25.9 Å². The molecule has 0 saturated carbocycles. The van der Waals surface area contributed by atoms with Gasteiger partial charge in [-0.15, -0.1) is 0 Å². The molecule has 1 saturated heterocycles. The molecule has 2 N–H and O–H groups in total. The highest BCUT2D eigenvalue weighted by atomic mass is 16.5. The topological polar surface area (TPSA) is 80.1 Å². The van der Waals surface area contributed by atoms with Gasteiger partial charge in [-0.1, -0.05) is 12.1 Å². The van der Waals surface area contributed by atoms with Gasteiger partial charge in [0.25, 0.3) is 0 Å². The molecule has 1 aliphatic rings. The number of nitrogens with zero attached hydrogens (tertiary/aromatic N) is 5. The van der Waals surface area contributed by atoms with Gasteiger partial charge in [-0.05, 0) is 27.0 Å². The van der Waals surface area contributed by atoms with E-state index in [0.717, 1.165) is 40.9 Å². The summed E-state index contributed by atoms with van der Waals surface area (Å²) in [6.45, 7) is 6.24. The summed E-state index contributed by atoms with van der Waals surface area (Å²) in [5.74, 6) is 1.94. The van der Waals surface area contributed by atoms with Crippen LogP contribution in [0.2, 0.25) is 0 Å². The minimum atomic E-state index is 0.344. The number of fused-ring (bicyclic) bond motifs is 3. The Hall–Kier alpha value is -3.39. The fraction of sp³-hybridized carbons (Fsp3) is 0.348. The van der Waals surface area contributed by atoms with Crippen LogP contribution in [0.15, 0.2) is 42.9 Å². The summed E-state index contributed by atoms with van der Waals surface area (Å²) in [6, 6.07) is 9.06. The van der Waals surface area contributed by atoms with Gasteiger partial charge in [0.2, 0.25) is 5.95 Å². The molecule has 5 rings (SSSR count). The van der Waals surface area contributed by atoms with Crippen molar-refractivity contribution in [1.82, 2.24) is 24.8 Å². The fourth-order valence-corrected chi connectivity index (χ4v) is 4.10. The van der Waals surface area contributed by atoms with Crippen molar-refractivity contribution in [2.75, 3.05) is 37.5 Å². The zero-order valence-electron chi connectivity index (χ0n) is 18.3. The van der Waals surface area contributed by atoms with E-state index in [2.05, 4.69) is 68.3 Å². The van der Waals surface area contributed by atoms with Gasteiger partial charge in [0.1, 0.15) is 17.1 Å². The highest BCUT2D eigenvalue weighted by Gasteiger charge is 2.27. The third-order valence-electron chi connectivity index (χ3n) is 5.92. The Balaban J connectivity index is 1.47. The van der Waals surface area contributed by atoms with Crippen LogP contribution in [0.5, 0.6) is 5.75 Å². The Bertz CT molecular complexity index is 1240. The molecule has 4 aromatic rings. The third-order valence-corrected chi connectivity index (χ3v) is 5.92. The lowest BCUT2D eigenvalue weighted by Gasteiger charge is -2.41. The molecule has 160 valence electrons. The monoisotopic (exact) mass is 417 g/mol. The van der Waals surface area contributed by atoms with Crippen LogP contribution in [0.1, 0.15) is 19.9 Å². The van der Waals surface area contributed by atoms with Gasteiger partial charge in [-0.25, -0.2) is 15.0 Å². The zero-order chi connectivity index (χ0) is 21.5. The SMILES string of the molecule is CNC1CN(c2cnc(Nc3ncc4ccc5ccn(C(C)C)c5c4n3)cc2OC)C1. The molecule has 1 fully saturated rings. The maximum absolute atomic E-state index is 5.62. The Morgan fingerprint density at radius 1 is 1.10 bits per heavy atom. The van der Waals surface area contributed by atoms with Crippen molar-refractivity contribution in [2.24, 2.45) is 0 Å². The smallest absolute Gasteiger partial charge is 0.228 e. The minimum Gasteiger partial charge on any atom is -0.494 e. The number of nitrogens with one attached hydrogen (secondary N) is 2. The molecule has 0 radical (unpaired) electrons. The molecule has 8 heteroatoms. The Kier molecular flexibility index (Phi) is 4.86. The van der Waals surface area contributed by atoms with Crippen LogP contribution in [-0.4, -0.2) is 52.8 Å². The van der Waals surface area contributed by atoms with E-state index in [1.54, 1.807) is 7.11 Å². The highest BCUT2D eigenvalue weighted by molar-refractivity contribution is 6.03. The number of pyridine rings is 1. The number of rotatable bonds is 6. The number of aromatic nitrogens is 4. The minimum absolute atomic E-state index is 0.344. The number of hydrogen-bond acceptors (Lipinski definition) is 7. The lowest BCUT2D eigenvalue weighted by Crippen LogP contribution is -2.57. The maximum atomic E-state index is 5.62. The van der Waals surface area contributed by atoms with Crippen molar-refractivity contribution >= 4 is 39.3 Å². The van der Waals surface area contributed by atoms with Crippen molar-refractivity contribution in [3.05, 3.63) is 42.9 Å². The first kappa shape index (κ1) is 19.6. The average molecular weight is 418 g/mol. The van der Waals surface area contributed by atoms with Gasteiger partial charge in [-0.2, -0.15) is 0 Å². The molecule has 0 spiro atoms. The molecule has 0 atom stereocenters. The van der Waals surface area contributed by atoms with E-state index in [1.807, 2.05) is 25.5 Å². The first-order valence-electron chi connectivity index (χ1n) is 10.6. The quantitative estimate of drug-likeness (QED) is 0.495. The Morgan fingerprint density at radius 3 is 2.65 bits per heavy atom. The normalized spacial score (nSPS) is 14.4. The molecule has 1 aliphatic heterocycles. The molecule has 1 aromatic carbocycles. The third kappa shape index (κ3) is 3.42. The summed E-state index contributed by atoms with van der Waals surface area (Å²) in [5.41, 5.74) is 3.04. The summed E-state index contributed by atoms with van der Waals surface area (Å²) in [5, 5.41) is 8.71.